The van der Waals surface area contributed by atoms with Crippen LogP contribution in [-0.2, 0) is 33.3 Å². The number of hydrogen-bond donors (Lipinski definition) is 0. The molecular weight excluding hydrogens is 304 g/mol. The molecule has 0 saturated carbocycles. The molecule has 0 radical (unpaired) electrons. The number of carbonyl (C=O) groups excluding carboxylic acids is 3. The van der Waals surface area contributed by atoms with Crippen LogP contribution in [0.4, 0.5) is 0 Å². The predicted octanol–water partition coefficient (Wildman–Crippen LogP) is 1.42. The van der Waals surface area contributed by atoms with E-state index in [-0.39, 0.29) is 33.0 Å². The Morgan fingerprint density at radius 1 is 0.913 bits per heavy atom. The van der Waals surface area contributed by atoms with Crippen LogP contribution >= 0.6 is 0 Å². The van der Waals surface area contributed by atoms with Crippen LogP contribution in [0.2, 0.25) is 0 Å². The maximum atomic E-state index is 11.2. The number of ether oxygens (including phenoxy) is 4. The van der Waals surface area contributed by atoms with Gasteiger partial charge in [0.15, 0.2) is 0 Å². The molecule has 23 heavy (non-hydrogen) atoms. The van der Waals surface area contributed by atoms with E-state index < -0.39 is 23.3 Å². The highest BCUT2D eigenvalue weighted by Gasteiger charge is 2.32. The molecule has 0 spiro atoms. The lowest BCUT2D eigenvalue weighted by molar-refractivity contribution is -0.155. The molecule has 0 aliphatic rings. The Bertz CT molecular complexity index is 430. The minimum atomic E-state index is -0.674. The zero-order valence-corrected chi connectivity index (χ0v) is 13.7. The van der Waals surface area contributed by atoms with Gasteiger partial charge in [-0.3, -0.25) is 4.79 Å². The van der Waals surface area contributed by atoms with Gasteiger partial charge in [-0.05, 0) is 6.42 Å². The van der Waals surface area contributed by atoms with Gasteiger partial charge in [0.1, 0.15) is 19.8 Å². The first-order valence-corrected chi connectivity index (χ1v) is 7.18. The van der Waals surface area contributed by atoms with Crippen molar-refractivity contribution in [1.29, 1.82) is 0 Å². The smallest absolute Gasteiger partial charge is 0.330 e. The minimum Gasteiger partial charge on any atom is -0.465 e. The first kappa shape index (κ1) is 20.9. The van der Waals surface area contributed by atoms with Crippen LogP contribution in [0.15, 0.2) is 25.3 Å². The van der Waals surface area contributed by atoms with Gasteiger partial charge in [-0.25, -0.2) is 9.59 Å². The van der Waals surface area contributed by atoms with E-state index in [0.29, 0.717) is 6.42 Å². The summed E-state index contributed by atoms with van der Waals surface area (Å²) < 4.78 is 20.4. The Hall–Kier alpha value is -2.15. The van der Waals surface area contributed by atoms with Crippen molar-refractivity contribution in [2.75, 3.05) is 33.0 Å². The molecule has 0 rings (SSSR count). The molecular formula is C16H24O7. The van der Waals surface area contributed by atoms with E-state index in [9.17, 15) is 14.4 Å². The highest BCUT2D eigenvalue weighted by molar-refractivity contribution is 5.81. The van der Waals surface area contributed by atoms with Gasteiger partial charge in [-0.1, -0.05) is 20.1 Å². The average Bonchev–Trinajstić information content (AvgIpc) is 2.55. The average molecular weight is 328 g/mol. The van der Waals surface area contributed by atoms with Crippen LogP contribution in [0.5, 0.6) is 0 Å². The third-order valence-corrected chi connectivity index (χ3v) is 3.07. The van der Waals surface area contributed by atoms with Gasteiger partial charge in [0.05, 0.1) is 18.6 Å². The quantitative estimate of drug-likeness (QED) is 0.232. The highest BCUT2D eigenvalue weighted by Crippen LogP contribution is 2.24. The molecule has 0 heterocycles. The number of esters is 3. The van der Waals surface area contributed by atoms with E-state index in [1.165, 1.54) is 6.92 Å². The Morgan fingerprint density at radius 3 is 2.00 bits per heavy atom. The van der Waals surface area contributed by atoms with E-state index in [1.54, 1.807) is 0 Å². The number of carbonyl (C=O) groups is 3. The lowest BCUT2D eigenvalue weighted by atomic mass is 9.88. The molecule has 0 aromatic rings. The summed E-state index contributed by atoms with van der Waals surface area (Å²) in [5, 5.41) is 0. The third kappa shape index (κ3) is 9.46. The molecule has 0 aliphatic heterocycles. The third-order valence-electron chi connectivity index (χ3n) is 3.07. The van der Waals surface area contributed by atoms with Crippen molar-refractivity contribution in [3.8, 4) is 0 Å². The van der Waals surface area contributed by atoms with Crippen molar-refractivity contribution < 1.29 is 33.3 Å². The predicted molar refractivity (Wildman–Crippen MR) is 82.5 cm³/mol. The molecule has 0 aromatic heterocycles. The van der Waals surface area contributed by atoms with Crippen molar-refractivity contribution >= 4 is 17.9 Å². The second-order valence-corrected chi connectivity index (χ2v) is 4.87. The summed E-state index contributed by atoms with van der Waals surface area (Å²) in [5.74, 6) is -1.53. The Kier molecular flexibility index (Phi) is 10.4. The Morgan fingerprint density at radius 2 is 1.48 bits per heavy atom. The molecule has 0 amide bonds. The van der Waals surface area contributed by atoms with Crippen molar-refractivity contribution in [1.82, 2.24) is 0 Å². The van der Waals surface area contributed by atoms with Crippen molar-refractivity contribution in [3.05, 3.63) is 25.3 Å². The first-order chi connectivity index (χ1) is 10.9. The molecule has 0 saturated heterocycles. The van der Waals surface area contributed by atoms with E-state index in [4.69, 9.17) is 18.9 Å². The second-order valence-electron chi connectivity index (χ2n) is 4.87. The normalized spacial score (nSPS) is 12.6. The fraction of sp³-hybridized carbons (Fsp3) is 0.562. The van der Waals surface area contributed by atoms with Gasteiger partial charge in [-0.15, -0.1) is 0 Å². The van der Waals surface area contributed by atoms with Gasteiger partial charge in [-0.2, -0.15) is 0 Å². The molecule has 0 aliphatic carbocycles. The SMILES string of the molecule is C=CC(=O)OCCOCC(CC)(COC(C)=O)COC(=O)C=C. The van der Waals surface area contributed by atoms with Gasteiger partial charge in [0, 0.05) is 19.1 Å². The monoisotopic (exact) mass is 328 g/mol. The second kappa shape index (κ2) is 11.4. The number of hydrogen-bond acceptors (Lipinski definition) is 7. The largest absolute Gasteiger partial charge is 0.465 e. The summed E-state index contributed by atoms with van der Waals surface area (Å²) in [6.45, 7) is 10.3. The van der Waals surface area contributed by atoms with Crippen LogP contribution in [0, 0.1) is 5.41 Å². The van der Waals surface area contributed by atoms with E-state index >= 15 is 0 Å². The van der Waals surface area contributed by atoms with Crippen LogP contribution in [0.1, 0.15) is 20.3 Å². The Balaban J connectivity index is 4.51. The van der Waals surface area contributed by atoms with E-state index in [1.807, 2.05) is 6.92 Å². The zero-order valence-electron chi connectivity index (χ0n) is 13.7. The zero-order chi connectivity index (χ0) is 17.7. The van der Waals surface area contributed by atoms with Gasteiger partial charge in [0.25, 0.3) is 0 Å². The topological polar surface area (TPSA) is 88.1 Å². The maximum Gasteiger partial charge on any atom is 0.330 e. The number of rotatable bonds is 12. The fourth-order valence-electron chi connectivity index (χ4n) is 1.52. The van der Waals surface area contributed by atoms with Gasteiger partial charge < -0.3 is 18.9 Å². The molecule has 0 bridgehead atoms. The maximum absolute atomic E-state index is 11.2. The molecule has 0 fully saturated rings. The summed E-state index contributed by atoms with van der Waals surface area (Å²) in [6, 6.07) is 0. The summed E-state index contributed by atoms with van der Waals surface area (Å²) in [5.41, 5.74) is -0.674. The van der Waals surface area contributed by atoms with Crippen molar-refractivity contribution in [2.45, 2.75) is 20.3 Å². The minimum absolute atomic E-state index is 0.0219. The molecule has 7 heteroatoms. The van der Waals surface area contributed by atoms with E-state index in [2.05, 4.69) is 13.2 Å². The molecule has 0 aromatic carbocycles. The summed E-state index contributed by atoms with van der Waals surface area (Å²) in [6.07, 6.45) is 2.67. The molecule has 0 N–H and O–H groups in total. The summed E-state index contributed by atoms with van der Waals surface area (Å²) in [4.78, 5) is 33.2. The lowest BCUT2D eigenvalue weighted by Crippen LogP contribution is -2.38. The van der Waals surface area contributed by atoms with Crippen LogP contribution in [-0.4, -0.2) is 50.9 Å². The van der Waals surface area contributed by atoms with Gasteiger partial charge in [0.2, 0.25) is 0 Å². The van der Waals surface area contributed by atoms with Crippen LogP contribution < -0.4 is 0 Å². The highest BCUT2D eigenvalue weighted by atomic mass is 16.6. The van der Waals surface area contributed by atoms with Crippen LogP contribution in [0.25, 0.3) is 0 Å². The molecule has 130 valence electrons. The van der Waals surface area contributed by atoms with Gasteiger partial charge >= 0.3 is 17.9 Å². The first-order valence-electron chi connectivity index (χ1n) is 7.18. The fourth-order valence-corrected chi connectivity index (χ4v) is 1.52. The standard InChI is InChI=1S/C16H24O7/c1-5-14(18)21-9-8-20-10-16(7-3,11-22-13(4)17)12-23-15(19)6-2/h5-6H,1-2,7-12H2,3-4H3. The lowest BCUT2D eigenvalue weighted by Gasteiger charge is -2.31. The molecule has 7 nitrogen and oxygen atoms in total. The van der Waals surface area contributed by atoms with E-state index in [0.717, 1.165) is 12.2 Å². The van der Waals surface area contributed by atoms with Crippen molar-refractivity contribution in [2.24, 2.45) is 5.41 Å². The molecule has 1 unspecified atom stereocenters. The van der Waals surface area contributed by atoms with Crippen LogP contribution in [0.3, 0.4) is 0 Å². The summed E-state index contributed by atoms with van der Waals surface area (Å²) >= 11 is 0. The molecule has 1 atom stereocenters. The van der Waals surface area contributed by atoms with Crippen molar-refractivity contribution in [3.63, 3.8) is 0 Å². The Labute approximate surface area is 136 Å². The summed E-state index contributed by atoms with van der Waals surface area (Å²) in [7, 11) is 0.